The highest BCUT2D eigenvalue weighted by molar-refractivity contribution is 5.68. The van der Waals surface area contributed by atoms with Crippen LogP contribution in [-0.2, 0) is 17.6 Å². The van der Waals surface area contributed by atoms with Gasteiger partial charge in [-0.05, 0) is 33.6 Å². The number of nitrogens with one attached hydrogen (secondary N) is 1. The van der Waals surface area contributed by atoms with Crippen molar-refractivity contribution in [2.24, 2.45) is 0 Å². The zero-order valence-corrected chi connectivity index (χ0v) is 10.4. The maximum absolute atomic E-state index is 11.6. The van der Waals surface area contributed by atoms with E-state index in [4.69, 9.17) is 9.26 Å². The molecule has 1 atom stereocenters. The number of fused-ring (bicyclic) bond motifs is 1. The molecule has 5 nitrogen and oxygen atoms in total. The minimum absolute atomic E-state index is 0.108. The molecule has 0 saturated heterocycles. The van der Waals surface area contributed by atoms with E-state index in [-0.39, 0.29) is 12.1 Å². The number of nitrogens with zero attached hydrogens (tertiary/aromatic N) is 1. The van der Waals surface area contributed by atoms with Crippen LogP contribution in [0.15, 0.2) is 10.7 Å². The van der Waals surface area contributed by atoms with Crippen LogP contribution in [0.5, 0.6) is 0 Å². The molecule has 1 aromatic rings. The molecular formula is C12H18N2O3. The smallest absolute Gasteiger partial charge is 0.407 e. The molecule has 17 heavy (non-hydrogen) atoms. The molecule has 0 radical (unpaired) electrons. The highest BCUT2D eigenvalue weighted by atomic mass is 16.6. The molecule has 0 saturated carbocycles. The standard InChI is InChI=1S/C12H18N2O3/c1-12(2,3)16-11(15)14-9-4-5-10-8(6-9)7-13-17-10/h7,9H,4-6H2,1-3H3,(H,14,15)/t9-/m1/s1. The maximum atomic E-state index is 11.6. The van der Waals surface area contributed by atoms with Gasteiger partial charge in [-0.1, -0.05) is 5.16 Å². The van der Waals surface area contributed by atoms with E-state index in [0.29, 0.717) is 0 Å². The molecule has 1 aromatic heterocycles. The van der Waals surface area contributed by atoms with Crippen LogP contribution < -0.4 is 5.32 Å². The number of aryl methyl sites for hydroxylation is 1. The lowest BCUT2D eigenvalue weighted by Crippen LogP contribution is -2.41. The molecule has 0 bridgehead atoms. The monoisotopic (exact) mass is 238 g/mol. The van der Waals surface area contributed by atoms with Gasteiger partial charge in [0.25, 0.3) is 0 Å². The van der Waals surface area contributed by atoms with Crippen LogP contribution in [0.25, 0.3) is 0 Å². The first-order valence-corrected chi connectivity index (χ1v) is 5.86. The lowest BCUT2D eigenvalue weighted by molar-refractivity contribution is 0.0499. The molecule has 1 heterocycles. The van der Waals surface area contributed by atoms with Crippen LogP contribution in [0.3, 0.4) is 0 Å². The highest BCUT2D eigenvalue weighted by Crippen LogP contribution is 2.21. The number of hydrogen-bond acceptors (Lipinski definition) is 4. The van der Waals surface area contributed by atoms with E-state index in [1.165, 1.54) is 0 Å². The summed E-state index contributed by atoms with van der Waals surface area (Å²) in [5.41, 5.74) is 0.624. The summed E-state index contributed by atoms with van der Waals surface area (Å²) >= 11 is 0. The summed E-state index contributed by atoms with van der Waals surface area (Å²) in [6, 6.07) is 0.108. The third kappa shape index (κ3) is 3.22. The second-order valence-electron chi connectivity index (χ2n) is 5.36. The topological polar surface area (TPSA) is 64.4 Å². The Kier molecular flexibility index (Phi) is 3.09. The average Bonchev–Trinajstić information content (AvgIpc) is 2.61. The number of aromatic nitrogens is 1. The van der Waals surface area contributed by atoms with Gasteiger partial charge in [-0.2, -0.15) is 0 Å². The van der Waals surface area contributed by atoms with Crippen LogP contribution >= 0.6 is 0 Å². The van der Waals surface area contributed by atoms with Crippen LogP contribution in [0.4, 0.5) is 4.79 Å². The molecule has 0 spiro atoms. The third-order valence-electron chi connectivity index (χ3n) is 2.64. The van der Waals surface area contributed by atoms with Crippen molar-refractivity contribution in [3.8, 4) is 0 Å². The van der Waals surface area contributed by atoms with E-state index in [1.54, 1.807) is 6.20 Å². The minimum Gasteiger partial charge on any atom is -0.444 e. The molecule has 1 amide bonds. The van der Waals surface area contributed by atoms with Crippen molar-refractivity contribution in [2.45, 2.75) is 51.7 Å². The van der Waals surface area contributed by atoms with Gasteiger partial charge in [0.15, 0.2) is 0 Å². The number of carbonyl (C=O) groups excluding carboxylic acids is 1. The minimum atomic E-state index is -0.457. The second-order valence-corrected chi connectivity index (χ2v) is 5.36. The number of alkyl carbamates (subject to hydrolysis) is 1. The van der Waals surface area contributed by atoms with Crippen LogP contribution in [0, 0.1) is 0 Å². The SMILES string of the molecule is CC(C)(C)OC(=O)N[C@@H]1CCc2oncc2C1. The Labute approximate surface area is 101 Å². The first-order valence-electron chi connectivity index (χ1n) is 5.86. The molecule has 1 aliphatic rings. The van der Waals surface area contributed by atoms with Gasteiger partial charge in [0.05, 0.1) is 6.20 Å². The van der Waals surface area contributed by atoms with Crippen molar-refractivity contribution < 1.29 is 14.1 Å². The summed E-state index contributed by atoms with van der Waals surface area (Å²) in [7, 11) is 0. The quantitative estimate of drug-likeness (QED) is 0.813. The second kappa shape index (κ2) is 4.39. The largest absolute Gasteiger partial charge is 0.444 e. The van der Waals surface area contributed by atoms with Gasteiger partial charge in [-0.15, -0.1) is 0 Å². The van der Waals surface area contributed by atoms with Crippen LogP contribution in [-0.4, -0.2) is 22.9 Å². The number of carbonyl (C=O) groups is 1. The van der Waals surface area contributed by atoms with Gasteiger partial charge in [0.2, 0.25) is 0 Å². The summed E-state index contributed by atoms with van der Waals surface area (Å²) in [6.07, 6.45) is 3.80. The van der Waals surface area contributed by atoms with E-state index in [0.717, 1.165) is 30.6 Å². The zero-order chi connectivity index (χ0) is 12.5. The summed E-state index contributed by atoms with van der Waals surface area (Å²) in [5, 5.41) is 6.63. The summed E-state index contributed by atoms with van der Waals surface area (Å²) < 4.78 is 10.3. The molecule has 0 aromatic carbocycles. The van der Waals surface area contributed by atoms with Gasteiger partial charge in [-0.25, -0.2) is 4.79 Å². The Hall–Kier alpha value is -1.52. The van der Waals surface area contributed by atoms with Crippen molar-refractivity contribution in [3.63, 3.8) is 0 Å². The van der Waals surface area contributed by atoms with Crippen molar-refractivity contribution in [3.05, 3.63) is 17.5 Å². The summed E-state index contributed by atoms with van der Waals surface area (Å²) in [6.45, 7) is 5.56. The van der Waals surface area contributed by atoms with Crippen molar-refractivity contribution >= 4 is 6.09 Å². The first-order chi connectivity index (χ1) is 7.94. The Balaban J connectivity index is 1.88. The van der Waals surface area contributed by atoms with E-state index in [1.807, 2.05) is 20.8 Å². The average molecular weight is 238 g/mol. The Morgan fingerprint density at radius 1 is 1.59 bits per heavy atom. The van der Waals surface area contributed by atoms with Gasteiger partial charge in [0, 0.05) is 18.0 Å². The molecule has 0 unspecified atom stereocenters. The van der Waals surface area contributed by atoms with Crippen molar-refractivity contribution in [2.75, 3.05) is 0 Å². The third-order valence-corrected chi connectivity index (χ3v) is 2.64. The van der Waals surface area contributed by atoms with Gasteiger partial charge in [0.1, 0.15) is 11.4 Å². The predicted molar refractivity (Wildman–Crippen MR) is 61.7 cm³/mol. The van der Waals surface area contributed by atoms with Crippen LogP contribution in [0.1, 0.15) is 38.5 Å². The Bertz CT molecular complexity index is 406. The highest BCUT2D eigenvalue weighted by Gasteiger charge is 2.25. The summed E-state index contributed by atoms with van der Waals surface area (Å²) in [4.78, 5) is 11.6. The Morgan fingerprint density at radius 3 is 3.06 bits per heavy atom. The Morgan fingerprint density at radius 2 is 2.35 bits per heavy atom. The van der Waals surface area contributed by atoms with Crippen LogP contribution in [0.2, 0.25) is 0 Å². The normalized spacial score (nSPS) is 19.6. The molecule has 0 fully saturated rings. The van der Waals surface area contributed by atoms with E-state index >= 15 is 0 Å². The predicted octanol–water partition coefficient (Wildman–Crippen LogP) is 2.06. The fourth-order valence-electron chi connectivity index (χ4n) is 1.93. The molecule has 1 aliphatic carbocycles. The van der Waals surface area contributed by atoms with Gasteiger partial charge < -0.3 is 14.6 Å². The number of ether oxygens (including phenoxy) is 1. The molecule has 1 N–H and O–H groups in total. The molecule has 94 valence electrons. The lowest BCUT2D eigenvalue weighted by atomic mass is 9.94. The molecule has 5 heteroatoms. The number of hydrogen-bond donors (Lipinski definition) is 1. The summed E-state index contributed by atoms with van der Waals surface area (Å²) in [5.74, 6) is 0.937. The fourth-order valence-corrected chi connectivity index (χ4v) is 1.93. The number of rotatable bonds is 1. The van der Waals surface area contributed by atoms with E-state index < -0.39 is 5.60 Å². The molecule has 0 aliphatic heterocycles. The maximum Gasteiger partial charge on any atom is 0.407 e. The molecule has 2 rings (SSSR count). The van der Waals surface area contributed by atoms with E-state index in [2.05, 4.69) is 10.5 Å². The van der Waals surface area contributed by atoms with E-state index in [9.17, 15) is 4.79 Å². The lowest BCUT2D eigenvalue weighted by Gasteiger charge is -2.25. The number of amides is 1. The van der Waals surface area contributed by atoms with Gasteiger partial charge >= 0.3 is 6.09 Å². The van der Waals surface area contributed by atoms with Crippen molar-refractivity contribution in [1.82, 2.24) is 10.5 Å². The fraction of sp³-hybridized carbons (Fsp3) is 0.667. The van der Waals surface area contributed by atoms with Gasteiger partial charge in [-0.3, -0.25) is 0 Å². The zero-order valence-electron chi connectivity index (χ0n) is 10.4. The van der Waals surface area contributed by atoms with Crippen molar-refractivity contribution in [1.29, 1.82) is 0 Å². The first kappa shape index (κ1) is 12.0. The molecular weight excluding hydrogens is 220 g/mol.